The number of rotatable bonds is 8. The van der Waals surface area contributed by atoms with E-state index in [2.05, 4.69) is 5.32 Å². The minimum Gasteiger partial charge on any atom is -0.326 e. The second-order valence-corrected chi connectivity index (χ2v) is 8.18. The van der Waals surface area contributed by atoms with Crippen LogP contribution in [0.2, 0.25) is 0 Å². The Hall–Kier alpha value is -3.35. The molecule has 0 radical (unpaired) electrons. The maximum absolute atomic E-state index is 13.2. The third-order valence-electron chi connectivity index (χ3n) is 4.22. The van der Waals surface area contributed by atoms with Crippen molar-refractivity contribution < 1.29 is 28.1 Å². The van der Waals surface area contributed by atoms with E-state index >= 15 is 0 Å². The van der Waals surface area contributed by atoms with Gasteiger partial charge in [-0.15, -0.1) is 0 Å². The van der Waals surface area contributed by atoms with Crippen molar-refractivity contribution in [2.75, 3.05) is 5.32 Å². The number of carbonyl (C=O) groups is 2. The molecule has 30 heavy (non-hydrogen) atoms. The Morgan fingerprint density at radius 3 is 2.30 bits per heavy atom. The average Bonchev–Trinajstić information content (AvgIpc) is 2.70. The highest BCUT2D eigenvalue weighted by atomic mass is 32.2. The van der Waals surface area contributed by atoms with Crippen LogP contribution in [0.15, 0.2) is 53.4 Å². The van der Waals surface area contributed by atoms with E-state index in [0.29, 0.717) is 5.69 Å². The Balaban J connectivity index is 2.50. The van der Waals surface area contributed by atoms with Crippen LogP contribution >= 0.6 is 0 Å². The highest BCUT2D eigenvalue weighted by molar-refractivity contribution is 7.89. The minimum absolute atomic E-state index is 0.0681. The van der Waals surface area contributed by atoms with Gasteiger partial charge in [0.15, 0.2) is 0 Å². The number of para-hydroxylation sites is 1. The number of sulfonamides is 1. The number of nitrogens with zero attached hydrogens (tertiary/aromatic N) is 2. The number of hydroxylamine groups is 1. The molecule has 2 amide bonds. The first-order valence-corrected chi connectivity index (χ1v) is 10.1. The van der Waals surface area contributed by atoms with Crippen LogP contribution in [0, 0.1) is 10.1 Å². The molecule has 3 N–H and O–H groups in total. The SMILES string of the molecule is CC(=O)Nc1ccc(S(=O)(=O)N(Cc2ccccc2[N+](=O)[O-])[C@@H](C)C(=O)NO)cc1. The van der Waals surface area contributed by atoms with Crippen LogP contribution in [0.4, 0.5) is 11.4 Å². The molecule has 0 aliphatic rings. The van der Waals surface area contributed by atoms with Crippen LogP contribution in [0.25, 0.3) is 0 Å². The van der Waals surface area contributed by atoms with Gasteiger partial charge in [-0.3, -0.25) is 24.9 Å². The van der Waals surface area contributed by atoms with Crippen molar-refractivity contribution >= 4 is 33.2 Å². The van der Waals surface area contributed by atoms with Crippen molar-refractivity contribution in [3.05, 3.63) is 64.2 Å². The summed E-state index contributed by atoms with van der Waals surface area (Å²) in [4.78, 5) is 33.5. The molecule has 0 bridgehead atoms. The van der Waals surface area contributed by atoms with Crippen LogP contribution in [-0.2, 0) is 26.2 Å². The van der Waals surface area contributed by atoms with Crippen molar-refractivity contribution in [3.8, 4) is 0 Å². The Bertz CT molecular complexity index is 1050. The molecule has 0 aromatic heterocycles. The fraction of sp³-hybridized carbons (Fsp3) is 0.222. The lowest BCUT2D eigenvalue weighted by Gasteiger charge is -2.27. The third kappa shape index (κ3) is 5.17. The number of benzene rings is 2. The predicted molar refractivity (Wildman–Crippen MR) is 106 cm³/mol. The molecule has 0 unspecified atom stereocenters. The number of carbonyl (C=O) groups excluding carboxylic acids is 2. The highest BCUT2D eigenvalue weighted by Crippen LogP contribution is 2.26. The molecular formula is C18H20N4O7S. The standard InChI is InChI=1S/C18H20N4O7S/c1-12(18(24)20-25)21(11-14-5-3-4-6-17(14)22(26)27)30(28,29)16-9-7-15(8-10-16)19-13(2)23/h3-10,12,25H,11H2,1-2H3,(H,19,23)(H,20,24)/t12-/m0/s1. The number of nitro benzene ring substituents is 1. The number of nitro groups is 1. The molecule has 12 heteroatoms. The zero-order valence-electron chi connectivity index (χ0n) is 16.1. The van der Waals surface area contributed by atoms with Gasteiger partial charge in [0.1, 0.15) is 6.04 Å². The van der Waals surface area contributed by atoms with Crippen molar-refractivity contribution in [3.63, 3.8) is 0 Å². The molecule has 2 aromatic rings. The van der Waals surface area contributed by atoms with E-state index in [-0.39, 0.29) is 22.1 Å². The van der Waals surface area contributed by atoms with Gasteiger partial charge < -0.3 is 5.32 Å². The van der Waals surface area contributed by atoms with Crippen LogP contribution in [0.1, 0.15) is 19.4 Å². The largest absolute Gasteiger partial charge is 0.326 e. The number of anilines is 1. The van der Waals surface area contributed by atoms with E-state index in [4.69, 9.17) is 5.21 Å². The van der Waals surface area contributed by atoms with E-state index in [9.17, 15) is 28.1 Å². The lowest BCUT2D eigenvalue weighted by atomic mass is 10.1. The van der Waals surface area contributed by atoms with Crippen molar-refractivity contribution in [1.29, 1.82) is 0 Å². The van der Waals surface area contributed by atoms with Gasteiger partial charge in [0.25, 0.3) is 11.6 Å². The Kier molecular flexibility index (Phi) is 7.21. The summed E-state index contributed by atoms with van der Waals surface area (Å²) in [6.07, 6.45) is 0. The van der Waals surface area contributed by atoms with Gasteiger partial charge in [0.2, 0.25) is 15.9 Å². The van der Waals surface area contributed by atoms with E-state index < -0.39 is 33.4 Å². The second kappa shape index (κ2) is 9.43. The summed E-state index contributed by atoms with van der Waals surface area (Å²) in [5.74, 6) is -1.34. The smallest absolute Gasteiger partial charge is 0.273 e. The van der Waals surface area contributed by atoms with Gasteiger partial charge in [-0.05, 0) is 31.2 Å². The van der Waals surface area contributed by atoms with E-state index in [1.807, 2.05) is 0 Å². The van der Waals surface area contributed by atoms with E-state index in [0.717, 1.165) is 4.31 Å². The first-order chi connectivity index (χ1) is 14.1. The summed E-state index contributed by atoms with van der Waals surface area (Å²) in [6.45, 7) is 2.05. The lowest BCUT2D eigenvalue weighted by molar-refractivity contribution is -0.385. The number of hydrogen-bond acceptors (Lipinski definition) is 7. The van der Waals surface area contributed by atoms with E-state index in [1.54, 1.807) is 0 Å². The third-order valence-corrected chi connectivity index (χ3v) is 6.15. The van der Waals surface area contributed by atoms with Crippen LogP contribution in [0.3, 0.4) is 0 Å². The van der Waals surface area contributed by atoms with Gasteiger partial charge in [-0.1, -0.05) is 18.2 Å². The van der Waals surface area contributed by atoms with Gasteiger partial charge >= 0.3 is 0 Å². The molecule has 1 atom stereocenters. The summed E-state index contributed by atoms with van der Waals surface area (Å²) in [6, 6.07) is 9.37. The maximum Gasteiger partial charge on any atom is 0.273 e. The monoisotopic (exact) mass is 436 g/mol. The maximum atomic E-state index is 13.2. The number of amides is 2. The Labute approximate surface area is 172 Å². The summed E-state index contributed by atoms with van der Waals surface area (Å²) >= 11 is 0. The second-order valence-electron chi connectivity index (χ2n) is 6.29. The van der Waals surface area contributed by atoms with Crippen LogP contribution in [-0.4, -0.2) is 40.7 Å². The molecule has 0 aliphatic carbocycles. The fourth-order valence-corrected chi connectivity index (χ4v) is 4.27. The normalized spacial score (nSPS) is 12.3. The van der Waals surface area contributed by atoms with Crippen LogP contribution < -0.4 is 10.8 Å². The van der Waals surface area contributed by atoms with Crippen molar-refractivity contribution in [2.45, 2.75) is 31.3 Å². The molecule has 160 valence electrons. The number of nitrogens with one attached hydrogen (secondary N) is 2. The molecule has 0 fully saturated rings. The molecular weight excluding hydrogens is 416 g/mol. The van der Waals surface area contributed by atoms with Gasteiger partial charge in [0.05, 0.1) is 9.82 Å². The zero-order chi connectivity index (χ0) is 22.5. The van der Waals surface area contributed by atoms with Gasteiger partial charge in [-0.2, -0.15) is 4.31 Å². The highest BCUT2D eigenvalue weighted by Gasteiger charge is 2.34. The first-order valence-electron chi connectivity index (χ1n) is 8.63. The van der Waals surface area contributed by atoms with Crippen molar-refractivity contribution in [1.82, 2.24) is 9.79 Å². The average molecular weight is 436 g/mol. The Morgan fingerprint density at radius 1 is 1.17 bits per heavy atom. The summed E-state index contributed by atoms with van der Waals surface area (Å²) in [7, 11) is -4.32. The van der Waals surface area contributed by atoms with Crippen molar-refractivity contribution in [2.24, 2.45) is 0 Å². The quantitative estimate of drug-likeness (QED) is 0.322. The first kappa shape index (κ1) is 22.9. The van der Waals surface area contributed by atoms with Gasteiger partial charge in [-0.25, -0.2) is 13.9 Å². The van der Waals surface area contributed by atoms with Gasteiger partial charge in [0, 0.05) is 30.8 Å². The minimum atomic E-state index is -4.32. The predicted octanol–water partition coefficient (Wildman–Crippen LogP) is 1.64. The lowest BCUT2D eigenvalue weighted by Crippen LogP contribution is -2.46. The number of hydrogen-bond donors (Lipinski definition) is 3. The topological polar surface area (TPSA) is 159 Å². The summed E-state index contributed by atoms with van der Waals surface area (Å²) in [5, 5.41) is 22.7. The van der Waals surface area contributed by atoms with Crippen LogP contribution in [0.5, 0.6) is 0 Å². The molecule has 2 aromatic carbocycles. The molecule has 11 nitrogen and oxygen atoms in total. The molecule has 0 spiro atoms. The molecule has 0 heterocycles. The molecule has 2 rings (SSSR count). The van der Waals surface area contributed by atoms with E-state index in [1.165, 1.54) is 67.9 Å². The summed E-state index contributed by atoms with van der Waals surface area (Å²) < 4.78 is 27.2. The zero-order valence-corrected chi connectivity index (χ0v) is 16.9. The Morgan fingerprint density at radius 2 is 1.77 bits per heavy atom. The molecule has 0 saturated heterocycles. The summed E-state index contributed by atoms with van der Waals surface area (Å²) in [5.41, 5.74) is 1.52. The molecule has 0 saturated carbocycles. The molecule has 0 aliphatic heterocycles. The fourth-order valence-electron chi connectivity index (χ4n) is 2.69.